The van der Waals surface area contributed by atoms with Gasteiger partial charge < -0.3 is 20.5 Å². The number of carboxylic acids is 1. The third-order valence-corrected chi connectivity index (χ3v) is 7.18. The molecule has 0 bridgehead atoms. The van der Waals surface area contributed by atoms with Gasteiger partial charge in [-0.05, 0) is 41.0 Å². The summed E-state index contributed by atoms with van der Waals surface area (Å²) >= 11 is 0. The lowest BCUT2D eigenvalue weighted by molar-refractivity contribution is -0.142. The fourth-order valence-electron chi connectivity index (χ4n) is 5.33. The summed E-state index contributed by atoms with van der Waals surface area (Å²) in [5.41, 5.74) is 4.67. The van der Waals surface area contributed by atoms with Gasteiger partial charge in [0.05, 0.1) is 5.92 Å². The van der Waals surface area contributed by atoms with E-state index < -0.39 is 18.0 Å². The molecule has 2 aromatic carbocycles. The van der Waals surface area contributed by atoms with Crippen LogP contribution in [0, 0.1) is 11.8 Å². The molecule has 0 spiro atoms. The lowest BCUT2D eigenvalue weighted by Crippen LogP contribution is -2.34. The van der Waals surface area contributed by atoms with E-state index in [4.69, 9.17) is 4.74 Å². The summed E-state index contributed by atoms with van der Waals surface area (Å²) in [6.45, 7) is 0.719. The number of aliphatic carboxylic acids is 1. The van der Waals surface area contributed by atoms with E-state index >= 15 is 0 Å². The molecule has 1 fully saturated rings. The van der Waals surface area contributed by atoms with E-state index in [0.717, 1.165) is 24.0 Å². The Morgan fingerprint density at radius 2 is 1.57 bits per heavy atom. The Bertz CT molecular complexity index is 1000. The second-order valence-corrected chi connectivity index (χ2v) is 9.58. The number of nitrogens with one attached hydrogen (secondary N) is 2. The molecular weight excluding hydrogens is 444 g/mol. The van der Waals surface area contributed by atoms with Gasteiger partial charge in [0, 0.05) is 25.4 Å². The number of carboxylic acid groups (broad SMARTS) is 1. The number of hydrogen-bond acceptors (Lipinski definition) is 4. The highest BCUT2D eigenvalue weighted by Gasteiger charge is 2.29. The van der Waals surface area contributed by atoms with Crippen LogP contribution in [0.2, 0.25) is 0 Å². The normalized spacial score (nSPS) is 15.8. The molecule has 7 heteroatoms. The van der Waals surface area contributed by atoms with Crippen LogP contribution in [0.1, 0.15) is 62.0 Å². The highest BCUT2D eigenvalue weighted by Crippen LogP contribution is 2.44. The molecule has 4 rings (SSSR count). The van der Waals surface area contributed by atoms with Crippen LogP contribution in [0.15, 0.2) is 48.5 Å². The molecule has 0 aliphatic heterocycles. The van der Waals surface area contributed by atoms with Crippen molar-refractivity contribution in [2.45, 2.75) is 50.9 Å². The van der Waals surface area contributed by atoms with Crippen molar-refractivity contribution < 1.29 is 24.2 Å². The topological polar surface area (TPSA) is 105 Å². The first-order chi connectivity index (χ1) is 17.0. The number of ether oxygens (including phenoxy) is 1. The van der Waals surface area contributed by atoms with Gasteiger partial charge in [-0.15, -0.1) is 0 Å². The highest BCUT2D eigenvalue weighted by molar-refractivity contribution is 5.79. The van der Waals surface area contributed by atoms with E-state index in [1.807, 2.05) is 24.3 Å². The predicted molar refractivity (Wildman–Crippen MR) is 133 cm³/mol. The third kappa shape index (κ3) is 6.41. The first kappa shape index (κ1) is 24.8. The van der Waals surface area contributed by atoms with Crippen LogP contribution in [0.5, 0.6) is 0 Å². The van der Waals surface area contributed by atoms with Crippen molar-refractivity contribution in [1.82, 2.24) is 10.6 Å². The van der Waals surface area contributed by atoms with Crippen LogP contribution in [0.3, 0.4) is 0 Å². The monoisotopic (exact) mass is 478 g/mol. The van der Waals surface area contributed by atoms with Crippen LogP contribution in [-0.2, 0) is 14.3 Å². The molecule has 1 unspecified atom stereocenters. The molecule has 0 radical (unpaired) electrons. The molecule has 0 aromatic heterocycles. The molecule has 3 N–H and O–H groups in total. The molecule has 7 nitrogen and oxygen atoms in total. The standard InChI is InChI=1S/C28H34N2O5/c31-26(30-17-20(27(32)33)16-19-8-1-2-9-19)14-7-15-29-28(34)35-18-25-23-12-5-3-10-21(23)22-11-4-6-13-24(22)25/h3-6,10-13,19-20,25H,1-2,7-9,14-18H2,(H,29,34)(H,30,31)(H,32,33). The summed E-state index contributed by atoms with van der Waals surface area (Å²) in [7, 11) is 0. The minimum Gasteiger partial charge on any atom is -0.481 e. The first-order valence-corrected chi connectivity index (χ1v) is 12.6. The molecule has 2 amide bonds. The Balaban J connectivity index is 1.14. The maximum atomic E-state index is 12.2. The second-order valence-electron chi connectivity index (χ2n) is 9.58. The number of carbonyl (C=O) groups excluding carboxylic acids is 2. The molecule has 1 atom stereocenters. The Kier molecular flexibility index (Phi) is 8.40. The third-order valence-electron chi connectivity index (χ3n) is 7.18. The molecule has 2 aromatic rings. The number of benzene rings is 2. The van der Waals surface area contributed by atoms with Gasteiger partial charge in [0.25, 0.3) is 0 Å². The van der Waals surface area contributed by atoms with E-state index in [-0.39, 0.29) is 31.4 Å². The van der Waals surface area contributed by atoms with Crippen LogP contribution < -0.4 is 10.6 Å². The summed E-state index contributed by atoms with van der Waals surface area (Å²) in [6.07, 6.45) is 5.29. The molecule has 2 aliphatic carbocycles. The molecule has 0 saturated heterocycles. The minimum absolute atomic E-state index is 0.00495. The fraction of sp³-hybridized carbons (Fsp3) is 0.464. The van der Waals surface area contributed by atoms with Crippen molar-refractivity contribution >= 4 is 18.0 Å². The Morgan fingerprint density at radius 1 is 0.943 bits per heavy atom. The first-order valence-electron chi connectivity index (χ1n) is 12.6. The average Bonchev–Trinajstić information content (AvgIpc) is 3.49. The average molecular weight is 479 g/mol. The number of rotatable bonds is 11. The van der Waals surface area contributed by atoms with Crippen LogP contribution >= 0.6 is 0 Å². The molecular formula is C28H34N2O5. The molecule has 186 valence electrons. The van der Waals surface area contributed by atoms with Gasteiger partial charge in [-0.25, -0.2) is 4.79 Å². The number of hydrogen-bond donors (Lipinski definition) is 3. The number of alkyl carbamates (subject to hydrolysis) is 1. The van der Waals surface area contributed by atoms with Gasteiger partial charge >= 0.3 is 12.1 Å². The van der Waals surface area contributed by atoms with E-state index in [9.17, 15) is 19.5 Å². The van der Waals surface area contributed by atoms with Gasteiger partial charge in [-0.3, -0.25) is 9.59 Å². The van der Waals surface area contributed by atoms with Crippen molar-refractivity contribution in [3.8, 4) is 11.1 Å². The van der Waals surface area contributed by atoms with Crippen molar-refractivity contribution in [2.75, 3.05) is 19.7 Å². The van der Waals surface area contributed by atoms with E-state index in [1.165, 1.54) is 24.0 Å². The molecule has 0 heterocycles. The van der Waals surface area contributed by atoms with Crippen molar-refractivity contribution in [2.24, 2.45) is 11.8 Å². The maximum absolute atomic E-state index is 12.2. The SMILES string of the molecule is O=C(CCCNC(=O)OCC1c2ccccc2-c2ccccc21)NCC(CC1CCCC1)C(=O)O. The summed E-state index contributed by atoms with van der Waals surface area (Å²) in [5.74, 6) is -1.13. The van der Waals surface area contributed by atoms with Gasteiger partial charge in [-0.1, -0.05) is 74.2 Å². The van der Waals surface area contributed by atoms with E-state index in [0.29, 0.717) is 25.3 Å². The molecule has 1 saturated carbocycles. The van der Waals surface area contributed by atoms with Gasteiger partial charge in [-0.2, -0.15) is 0 Å². The summed E-state index contributed by atoms with van der Waals surface area (Å²) in [5, 5.41) is 14.9. The summed E-state index contributed by atoms with van der Waals surface area (Å²) < 4.78 is 5.50. The number of carbonyl (C=O) groups is 3. The van der Waals surface area contributed by atoms with Crippen molar-refractivity contribution in [3.63, 3.8) is 0 Å². The fourth-order valence-corrected chi connectivity index (χ4v) is 5.33. The molecule has 2 aliphatic rings. The quantitative estimate of drug-likeness (QED) is 0.406. The summed E-state index contributed by atoms with van der Waals surface area (Å²) in [6, 6.07) is 16.3. The van der Waals surface area contributed by atoms with Crippen LogP contribution in [0.25, 0.3) is 11.1 Å². The number of fused-ring (bicyclic) bond motifs is 3. The highest BCUT2D eigenvalue weighted by atomic mass is 16.5. The lowest BCUT2D eigenvalue weighted by atomic mass is 9.93. The van der Waals surface area contributed by atoms with E-state index in [2.05, 4.69) is 34.9 Å². The number of amides is 2. The zero-order chi connectivity index (χ0) is 24.6. The van der Waals surface area contributed by atoms with E-state index in [1.54, 1.807) is 0 Å². The largest absolute Gasteiger partial charge is 0.481 e. The minimum atomic E-state index is -0.853. The zero-order valence-electron chi connectivity index (χ0n) is 20.0. The second kappa shape index (κ2) is 11.9. The van der Waals surface area contributed by atoms with Gasteiger partial charge in [0.1, 0.15) is 6.61 Å². The van der Waals surface area contributed by atoms with Crippen molar-refractivity contribution in [3.05, 3.63) is 59.7 Å². The smallest absolute Gasteiger partial charge is 0.407 e. The van der Waals surface area contributed by atoms with Crippen LogP contribution in [-0.4, -0.2) is 42.8 Å². The molecule has 35 heavy (non-hydrogen) atoms. The predicted octanol–water partition coefficient (Wildman–Crippen LogP) is 4.70. The Hall–Kier alpha value is -3.35. The Labute approximate surface area is 206 Å². The zero-order valence-corrected chi connectivity index (χ0v) is 20.0. The van der Waals surface area contributed by atoms with Crippen molar-refractivity contribution in [1.29, 1.82) is 0 Å². The van der Waals surface area contributed by atoms with Gasteiger partial charge in [0.2, 0.25) is 5.91 Å². The summed E-state index contributed by atoms with van der Waals surface area (Å²) in [4.78, 5) is 35.9. The maximum Gasteiger partial charge on any atom is 0.407 e. The Morgan fingerprint density at radius 3 is 2.20 bits per heavy atom. The van der Waals surface area contributed by atoms with Gasteiger partial charge in [0.15, 0.2) is 0 Å². The lowest BCUT2D eigenvalue weighted by Gasteiger charge is -2.17. The van der Waals surface area contributed by atoms with Crippen LogP contribution in [0.4, 0.5) is 4.79 Å².